The van der Waals surface area contributed by atoms with Gasteiger partial charge < -0.3 is 15.5 Å². The molecule has 0 radical (unpaired) electrons. The SMILES string of the molecule is CNC(=O)c1ccc(N2CCN(CC(=O)Nc3ccccc3F)CC2)c([N+](=O)[O-])c1. The van der Waals surface area contributed by atoms with E-state index in [1.165, 1.54) is 25.2 Å². The number of piperazine rings is 1. The molecular formula is C20H22FN5O4. The van der Waals surface area contributed by atoms with Crippen LogP contribution in [0.4, 0.5) is 21.5 Å². The van der Waals surface area contributed by atoms with Gasteiger partial charge in [0.15, 0.2) is 0 Å². The van der Waals surface area contributed by atoms with E-state index in [-0.39, 0.29) is 29.4 Å². The van der Waals surface area contributed by atoms with Gasteiger partial charge in [-0.25, -0.2) is 4.39 Å². The number of hydrogen-bond donors (Lipinski definition) is 2. The highest BCUT2D eigenvalue weighted by atomic mass is 19.1. The number of para-hydroxylation sites is 1. The van der Waals surface area contributed by atoms with Gasteiger partial charge in [-0.05, 0) is 24.3 Å². The third-order valence-corrected chi connectivity index (χ3v) is 4.89. The molecule has 2 N–H and O–H groups in total. The lowest BCUT2D eigenvalue weighted by Gasteiger charge is -2.35. The normalized spacial score (nSPS) is 14.3. The van der Waals surface area contributed by atoms with Gasteiger partial charge in [0.2, 0.25) is 5.91 Å². The largest absolute Gasteiger partial charge is 0.363 e. The number of amides is 2. The lowest BCUT2D eigenvalue weighted by molar-refractivity contribution is -0.384. The number of carbonyl (C=O) groups is 2. The molecule has 2 amide bonds. The Morgan fingerprint density at radius 3 is 2.47 bits per heavy atom. The van der Waals surface area contributed by atoms with Gasteiger partial charge in [0.05, 0.1) is 17.2 Å². The molecule has 0 atom stereocenters. The summed E-state index contributed by atoms with van der Waals surface area (Å²) in [5.74, 6) is -1.21. The molecule has 1 aliphatic heterocycles. The second kappa shape index (κ2) is 9.31. The molecule has 158 valence electrons. The van der Waals surface area contributed by atoms with Crippen LogP contribution in [0.25, 0.3) is 0 Å². The number of benzene rings is 2. The highest BCUT2D eigenvalue weighted by Gasteiger charge is 2.25. The summed E-state index contributed by atoms with van der Waals surface area (Å²) in [6, 6.07) is 10.3. The van der Waals surface area contributed by atoms with E-state index in [9.17, 15) is 24.1 Å². The second-order valence-corrected chi connectivity index (χ2v) is 6.83. The third-order valence-electron chi connectivity index (χ3n) is 4.89. The zero-order valence-corrected chi connectivity index (χ0v) is 16.4. The van der Waals surface area contributed by atoms with Crippen LogP contribution < -0.4 is 15.5 Å². The zero-order valence-electron chi connectivity index (χ0n) is 16.4. The Morgan fingerprint density at radius 2 is 1.83 bits per heavy atom. The minimum absolute atomic E-state index is 0.0971. The maximum atomic E-state index is 13.7. The number of nitrogens with one attached hydrogen (secondary N) is 2. The quantitative estimate of drug-likeness (QED) is 0.551. The monoisotopic (exact) mass is 415 g/mol. The van der Waals surface area contributed by atoms with Crippen molar-refractivity contribution in [2.75, 3.05) is 50.0 Å². The summed E-state index contributed by atoms with van der Waals surface area (Å²) in [5.41, 5.74) is 0.648. The molecule has 0 aromatic heterocycles. The molecule has 0 unspecified atom stereocenters. The van der Waals surface area contributed by atoms with Gasteiger partial charge >= 0.3 is 0 Å². The molecule has 0 bridgehead atoms. The minimum atomic E-state index is -0.504. The number of nitro benzene ring substituents is 1. The molecule has 9 nitrogen and oxygen atoms in total. The summed E-state index contributed by atoms with van der Waals surface area (Å²) >= 11 is 0. The predicted octanol–water partition coefficient (Wildman–Crippen LogP) is 1.85. The van der Waals surface area contributed by atoms with Crippen LogP contribution in [0.1, 0.15) is 10.4 Å². The van der Waals surface area contributed by atoms with Crippen LogP contribution in [0.3, 0.4) is 0 Å². The van der Waals surface area contributed by atoms with Crippen LogP contribution in [0, 0.1) is 15.9 Å². The molecule has 1 fully saturated rings. The summed E-state index contributed by atoms with van der Waals surface area (Å²) in [6.07, 6.45) is 0. The smallest absolute Gasteiger partial charge is 0.293 e. The van der Waals surface area contributed by atoms with Gasteiger partial charge in [-0.1, -0.05) is 12.1 Å². The Kier molecular flexibility index (Phi) is 6.58. The number of anilines is 2. The maximum Gasteiger partial charge on any atom is 0.293 e. The summed E-state index contributed by atoms with van der Waals surface area (Å²) in [6.45, 7) is 2.08. The molecule has 1 saturated heterocycles. The molecule has 2 aromatic rings. The number of nitro groups is 1. The van der Waals surface area contributed by atoms with Crippen molar-refractivity contribution in [3.8, 4) is 0 Å². The maximum absolute atomic E-state index is 13.7. The van der Waals surface area contributed by atoms with Crippen LogP contribution in [-0.2, 0) is 4.79 Å². The first kappa shape index (κ1) is 21.2. The van der Waals surface area contributed by atoms with Crippen LogP contribution >= 0.6 is 0 Å². The van der Waals surface area contributed by atoms with Gasteiger partial charge in [-0.15, -0.1) is 0 Å². The van der Waals surface area contributed by atoms with Crippen molar-refractivity contribution in [2.45, 2.75) is 0 Å². The predicted molar refractivity (Wildman–Crippen MR) is 110 cm³/mol. The Bertz CT molecular complexity index is 960. The molecule has 3 rings (SSSR count). The topological polar surface area (TPSA) is 108 Å². The Balaban J connectivity index is 1.61. The first-order chi connectivity index (χ1) is 14.4. The minimum Gasteiger partial charge on any atom is -0.363 e. The lowest BCUT2D eigenvalue weighted by atomic mass is 10.1. The van der Waals surface area contributed by atoms with Gasteiger partial charge in [0.1, 0.15) is 11.5 Å². The fourth-order valence-electron chi connectivity index (χ4n) is 3.32. The van der Waals surface area contributed by atoms with Crippen molar-refractivity contribution in [1.82, 2.24) is 10.2 Å². The van der Waals surface area contributed by atoms with E-state index < -0.39 is 16.6 Å². The fraction of sp³-hybridized carbons (Fsp3) is 0.300. The van der Waals surface area contributed by atoms with E-state index in [0.29, 0.717) is 31.9 Å². The first-order valence-corrected chi connectivity index (χ1v) is 9.41. The molecule has 1 heterocycles. The number of rotatable bonds is 6. The molecule has 30 heavy (non-hydrogen) atoms. The first-order valence-electron chi connectivity index (χ1n) is 9.41. The van der Waals surface area contributed by atoms with Crippen LogP contribution in [0.15, 0.2) is 42.5 Å². The Morgan fingerprint density at radius 1 is 1.13 bits per heavy atom. The van der Waals surface area contributed by atoms with E-state index in [1.807, 2.05) is 9.80 Å². The van der Waals surface area contributed by atoms with Gasteiger partial charge in [0, 0.05) is 44.9 Å². The summed E-state index contributed by atoms with van der Waals surface area (Å²) in [4.78, 5) is 38.7. The van der Waals surface area contributed by atoms with Crippen molar-refractivity contribution in [1.29, 1.82) is 0 Å². The fourth-order valence-corrected chi connectivity index (χ4v) is 3.32. The van der Waals surface area contributed by atoms with Crippen molar-refractivity contribution in [3.63, 3.8) is 0 Å². The Labute approximate surface area is 172 Å². The number of halogens is 1. The highest BCUT2D eigenvalue weighted by molar-refractivity contribution is 5.95. The van der Waals surface area contributed by atoms with Crippen molar-refractivity contribution in [3.05, 3.63) is 64.0 Å². The number of carbonyl (C=O) groups excluding carboxylic acids is 2. The standard InChI is InChI=1S/C20H22FN5O4/c1-22-20(28)14-6-7-17(18(12-14)26(29)30)25-10-8-24(9-11-25)13-19(27)23-16-5-3-2-4-15(16)21/h2-7,12H,8-11,13H2,1H3,(H,22,28)(H,23,27). The molecule has 10 heteroatoms. The molecule has 0 aliphatic carbocycles. The average Bonchev–Trinajstić information content (AvgIpc) is 2.75. The van der Waals surface area contributed by atoms with E-state index >= 15 is 0 Å². The molecule has 2 aromatic carbocycles. The third kappa shape index (κ3) is 4.90. The number of hydrogen-bond acceptors (Lipinski definition) is 6. The van der Waals surface area contributed by atoms with Crippen LogP contribution in [0.2, 0.25) is 0 Å². The van der Waals surface area contributed by atoms with E-state index in [0.717, 1.165) is 0 Å². The van der Waals surface area contributed by atoms with E-state index in [2.05, 4.69) is 10.6 Å². The van der Waals surface area contributed by atoms with Crippen LogP contribution in [-0.4, -0.2) is 61.4 Å². The van der Waals surface area contributed by atoms with Crippen molar-refractivity contribution in [2.24, 2.45) is 0 Å². The van der Waals surface area contributed by atoms with Gasteiger partial charge in [-0.2, -0.15) is 0 Å². The van der Waals surface area contributed by atoms with Crippen LogP contribution in [0.5, 0.6) is 0 Å². The van der Waals surface area contributed by atoms with E-state index in [4.69, 9.17) is 0 Å². The lowest BCUT2D eigenvalue weighted by Crippen LogP contribution is -2.48. The second-order valence-electron chi connectivity index (χ2n) is 6.83. The summed E-state index contributed by atoms with van der Waals surface area (Å²) in [7, 11) is 1.46. The van der Waals surface area contributed by atoms with Gasteiger partial charge in [0.25, 0.3) is 11.6 Å². The highest BCUT2D eigenvalue weighted by Crippen LogP contribution is 2.30. The summed E-state index contributed by atoms with van der Waals surface area (Å²) in [5, 5.41) is 16.5. The Hall–Kier alpha value is -3.53. The van der Waals surface area contributed by atoms with E-state index in [1.54, 1.807) is 24.3 Å². The molecule has 0 saturated carbocycles. The average molecular weight is 415 g/mol. The molecule has 1 aliphatic rings. The molecule has 0 spiro atoms. The van der Waals surface area contributed by atoms with Crippen molar-refractivity contribution < 1.29 is 18.9 Å². The van der Waals surface area contributed by atoms with Gasteiger partial charge in [-0.3, -0.25) is 24.6 Å². The molecular weight excluding hydrogens is 393 g/mol. The zero-order chi connectivity index (χ0) is 21.7. The van der Waals surface area contributed by atoms with Crippen molar-refractivity contribution >= 4 is 28.9 Å². The summed E-state index contributed by atoms with van der Waals surface area (Å²) < 4.78 is 13.7. The number of nitrogens with zero attached hydrogens (tertiary/aromatic N) is 3.